The monoisotopic (exact) mass is 192 g/mol. The second-order valence-corrected chi connectivity index (χ2v) is 3.53. The fraction of sp³-hybridized carbons (Fsp3) is 0.455. The van der Waals surface area contributed by atoms with Crippen molar-refractivity contribution in [3.8, 4) is 5.75 Å². The summed E-state index contributed by atoms with van der Waals surface area (Å²) in [6.07, 6.45) is 1.10. The summed E-state index contributed by atoms with van der Waals surface area (Å²) in [7, 11) is 0. The van der Waals surface area contributed by atoms with Gasteiger partial charge in [0.2, 0.25) is 0 Å². The van der Waals surface area contributed by atoms with Crippen LogP contribution in [0, 0.1) is 0 Å². The number of ether oxygens (including phenoxy) is 1. The first-order valence-electron chi connectivity index (χ1n) is 5.07. The number of anilines is 1. The number of nitrogens with one attached hydrogen (secondary N) is 1. The Labute approximate surface area is 84.3 Å². The summed E-state index contributed by atoms with van der Waals surface area (Å²) in [5.41, 5.74) is 7.99. The van der Waals surface area contributed by atoms with Crippen molar-refractivity contribution in [2.75, 3.05) is 18.4 Å². The average molecular weight is 192 g/mol. The van der Waals surface area contributed by atoms with Gasteiger partial charge in [-0.05, 0) is 30.7 Å². The molecule has 0 fully saturated rings. The Morgan fingerprint density at radius 1 is 1.57 bits per heavy atom. The summed E-state index contributed by atoms with van der Waals surface area (Å²) in [6, 6.07) is 6.21. The first kappa shape index (κ1) is 9.34. The van der Waals surface area contributed by atoms with Crippen LogP contribution in [0.2, 0.25) is 0 Å². The third kappa shape index (κ3) is 1.68. The molecule has 0 saturated heterocycles. The molecule has 14 heavy (non-hydrogen) atoms. The first-order chi connectivity index (χ1) is 6.83. The minimum Gasteiger partial charge on any atom is -0.488 e. The van der Waals surface area contributed by atoms with Crippen molar-refractivity contribution in [1.29, 1.82) is 0 Å². The van der Waals surface area contributed by atoms with Gasteiger partial charge in [0.25, 0.3) is 0 Å². The molecule has 2 rings (SSSR count). The van der Waals surface area contributed by atoms with Crippen molar-refractivity contribution < 1.29 is 4.74 Å². The van der Waals surface area contributed by atoms with Gasteiger partial charge in [0.05, 0.1) is 0 Å². The predicted molar refractivity (Wildman–Crippen MR) is 57.8 cm³/mol. The number of hydrogen-bond acceptors (Lipinski definition) is 3. The summed E-state index contributed by atoms with van der Waals surface area (Å²) < 4.78 is 5.64. The minimum atomic E-state index is 0.168. The van der Waals surface area contributed by atoms with Crippen molar-refractivity contribution >= 4 is 5.69 Å². The zero-order valence-electron chi connectivity index (χ0n) is 8.42. The third-order valence-electron chi connectivity index (χ3n) is 2.45. The normalized spacial score (nSPS) is 18.9. The molecule has 76 valence electrons. The smallest absolute Gasteiger partial charge is 0.123 e. The van der Waals surface area contributed by atoms with E-state index in [1.165, 1.54) is 5.56 Å². The lowest BCUT2D eigenvalue weighted by atomic mass is 10.1. The van der Waals surface area contributed by atoms with Crippen LogP contribution < -0.4 is 15.8 Å². The van der Waals surface area contributed by atoms with E-state index >= 15 is 0 Å². The number of benzene rings is 1. The maximum atomic E-state index is 5.64. The van der Waals surface area contributed by atoms with Crippen molar-refractivity contribution in [2.45, 2.75) is 19.4 Å². The Morgan fingerprint density at radius 3 is 3.14 bits per heavy atom. The van der Waals surface area contributed by atoms with Crippen molar-refractivity contribution in [3.63, 3.8) is 0 Å². The summed E-state index contributed by atoms with van der Waals surface area (Å²) >= 11 is 0. The Kier molecular flexibility index (Phi) is 2.59. The molecule has 3 nitrogen and oxygen atoms in total. The fourth-order valence-electron chi connectivity index (χ4n) is 1.77. The number of rotatable bonds is 3. The molecule has 0 aliphatic carbocycles. The number of nitrogens with two attached hydrogens (primary N) is 1. The van der Waals surface area contributed by atoms with Crippen LogP contribution in [0.25, 0.3) is 0 Å². The molecule has 1 unspecified atom stereocenters. The van der Waals surface area contributed by atoms with E-state index in [1.54, 1.807) is 0 Å². The van der Waals surface area contributed by atoms with Gasteiger partial charge in [0.1, 0.15) is 11.9 Å². The maximum Gasteiger partial charge on any atom is 0.123 e. The predicted octanol–water partition coefficient (Wildman–Crippen LogP) is 1.38. The molecule has 3 N–H and O–H groups in total. The molecule has 1 aromatic rings. The van der Waals surface area contributed by atoms with E-state index in [0.29, 0.717) is 6.54 Å². The van der Waals surface area contributed by atoms with Crippen molar-refractivity contribution in [3.05, 3.63) is 23.8 Å². The van der Waals surface area contributed by atoms with Gasteiger partial charge >= 0.3 is 0 Å². The third-order valence-corrected chi connectivity index (χ3v) is 2.45. The van der Waals surface area contributed by atoms with E-state index in [2.05, 4.69) is 18.3 Å². The van der Waals surface area contributed by atoms with Crippen LogP contribution in [-0.4, -0.2) is 19.2 Å². The zero-order valence-corrected chi connectivity index (χ0v) is 8.42. The highest BCUT2D eigenvalue weighted by molar-refractivity contribution is 5.52. The Morgan fingerprint density at radius 2 is 2.43 bits per heavy atom. The van der Waals surface area contributed by atoms with Crippen LogP contribution in [0.1, 0.15) is 12.5 Å². The molecule has 0 bridgehead atoms. The van der Waals surface area contributed by atoms with Gasteiger partial charge in [-0.3, -0.25) is 0 Å². The Balaban J connectivity index is 2.17. The number of hydrogen-bond donors (Lipinski definition) is 2. The summed E-state index contributed by atoms with van der Waals surface area (Å²) in [6.45, 7) is 3.62. The highest BCUT2D eigenvalue weighted by Crippen LogP contribution is 2.30. The molecule has 0 saturated carbocycles. The highest BCUT2D eigenvalue weighted by atomic mass is 16.5. The van der Waals surface area contributed by atoms with E-state index in [-0.39, 0.29) is 6.10 Å². The Bertz CT molecular complexity index is 325. The van der Waals surface area contributed by atoms with E-state index in [9.17, 15) is 0 Å². The second-order valence-electron chi connectivity index (χ2n) is 3.53. The fourth-order valence-corrected chi connectivity index (χ4v) is 1.77. The van der Waals surface area contributed by atoms with Gasteiger partial charge in [-0.1, -0.05) is 0 Å². The molecule has 1 atom stereocenters. The Hall–Kier alpha value is -1.22. The maximum absolute atomic E-state index is 5.64. The second kappa shape index (κ2) is 3.88. The largest absolute Gasteiger partial charge is 0.488 e. The molecule has 0 spiro atoms. The molecular weight excluding hydrogens is 176 g/mol. The van der Waals surface area contributed by atoms with Crippen LogP contribution in [0.15, 0.2) is 18.2 Å². The van der Waals surface area contributed by atoms with Crippen LogP contribution in [0.4, 0.5) is 5.69 Å². The van der Waals surface area contributed by atoms with Gasteiger partial charge in [-0.25, -0.2) is 0 Å². The van der Waals surface area contributed by atoms with E-state index in [1.807, 2.05) is 12.1 Å². The van der Waals surface area contributed by atoms with Gasteiger partial charge in [-0.2, -0.15) is 0 Å². The van der Waals surface area contributed by atoms with E-state index < -0.39 is 0 Å². The van der Waals surface area contributed by atoms with Crippen molar-refractivity contribution in [1.82, 2.24) is 0 Å². The molecule has 1 aliphatic rings. The average Bonchev–Trinajstić information content (AvgIpc) is 2.60. The molecule has 1 aromatic carbocycles. The van der Waals surface area contributed by atoms with Gasteiger partial charge < -0.3 is 15.8 Å². The summed E-state index contributed by atoms with van der Waals surface area (Å²) in [5, 5.41) is 3.28. The lowest BCUT2D eigenvalue weighted by molar-refractivity contribution is 0.241. The molecule has 0 radical (unpaired) electrons. The summed E-state index contributed by atoms with van der Waals surface area (Å²) in [4.78, 5) is 0. The van der Waals surface area contributed by atoms with Crippen LogP contribution in [0.5, 0.6) is 5.75 Å². The molecular formula is C11H16N2O. The molecule has 1 aliphatic heterocycles. The minimum absolute atomic E-state index is 0.168. The first-order valence-corrected chi connectivity index (χ1v) is 5.07. The molecule has 1 heterocycles. The van der Waals surface area contributed by atoms with E-state index in [0.717, 1.165) is 24.4 Å². The zero-order chi connectivity index (χ0) is 9.97. The standard InChI is InChI=1S/C11H16N2O/c1-2-13-9-3-4-11-8(5-9)6-10(7-12)14-11/h3-5,10,13H,2,6-7,12H2,1H3. The molecule has 3 heteroatoms. The highest BCUT2D eigenvalue weighted by Gasteiger charge is 2.21. The van der Waals surface area contributed by atoms with E-state index in [4.69, 9.17) is 10.5 Å². The van der Waals surface area contributed by atoms with Crippen molar-refractivity contribution in [2.24, 2.45) is 5.73 Å². The van der Waals surface area contributed by atoms with Crippen LogP contribution in [0.3, 0.4) is 0 Å². The quantitative estimate of drug-likeness (QED) is 0.760. The summed E-state index contributed by atoms with van der Waals surface area (Å²) in [5.74, 6) is 0.988. The van der Waals surface area contributed by atoms with Gasteiger partial charge in [0.15, 0.2) is 0 Å². The molecule has 0 aromatic heterocycles. The SMILES string of the molecule is CCNc1ccc2c(c1)CC(CN)O2. The number of fused-ring (bicyclic) bond motifs is 1. The lowest BCUT2D eigenvalue weighted by Gasteiger charge is -2.06. The molecule has 0 amide bonds. The van der Waals surface area contributed by atoms with Crippen LogP contribution >= 0.6 is 0 Å². The van der Waals surface area contributed by atoms with Gasteiger partial charge in [-0.15, -0.1) is 0 Å². The lowest BCUT2D eigenvalue weighted by Crippen LogP contribution is -2.24. The van der Waals surface area contributed by atoms with Gasteiger partial charge in [0, 0.05) is 25.2 Å². The van der Waals surface area contributed by atoms with Crippen LogP contribution in [-0.2, 0) is 6.42 Å². The topological polar surface area (TPSA) is 47.3 Å².